The lowest BCUT2D eigenvalue weighted by Crippen LogP contribution is -2.20. The molecule has 0 heterocycles. The standard InChI is InChI=1S/C10H18N4O2/c1-5-12-13-14(6-2)7-8(3)9(11-4)10(15)16/h4-7H2,1-3H3,(H,15,16). The second-order valence-corrected chi connectivity index (χ2v) is 3.12. The Kier molecular flexibility index (Phi) is 6.74. The average Bonchev–Trinajstić information content (AvgIpc) is 2.24. The van der Waals surface area contributed by atoms with Gasteiger partial charge in [-0.1, -0.05) is 5.22 Å². The molecule has 6 heteroatoms. The van der Waals surface area contributed by atoms with Crippen LogP contribution in [0.4, 0.5) is 0 Å². The molecule has 0 aromatic carbocycles. The summed E-state index contributed by atoms with van der Waals surface area (Å²) in [7, 11) is 0. The molecule has 0 aromatic rings. The van der Waals surface area contributed by atoms with Gasteiger partial charge in [0.05, 0.1) is 13.1 Å². The first-order valence-corrected chi connectivity index (χ1v) is 5.08. The van der Waals surface area contributed by atoms with Gasteiger partial charge in [0.25, 0.3) is 0 Å². The molecule has 16 heavy (non-hydrogen) atoms. The molecule has 0 amide bonds. The normalized spacial score (nSPS) is 12.4. The van der Waals surface area contributed by atoms with Crippen molar-refractivity contribution in [2.75, 3.05) is 19.6 Å². The minimum atomic E-state index is -1.07. The summed E-state index contributed by atoms with van der Waals surface area (Å²) >= 11 is 0. The third-order valence-corrected chi connectivity index (χ3v) is 1.88. The van der Waals surface area contributed by atoms with Crippen molar-refractivity contribution in [3.05, 3.63) is 11.3 Å². The fraction of sp³-hybridized carbons (Fsp3) is 0.600. The highest BCUT2D eigenvalue weighted by Gasteiger charge is 2.11. The van der Waals surface area contributed by atoms with Gasteiger partial charge in [-0.15, -0.1) is 0 Å². The zero-order chi connectivity index (χ0) is 12.6. The highest BCUT2D eigenvalue weighted by molar-refractivity contribution is 5.87. The van der Waals surface area contributed by atoms with Crippen molar-refractivity contribution in [3.8, 4) is 0 Å². The topological polar surface area (TPSA) is 77.6 Å². The Bertz CT molecular complexity index is 310. The third kappa shape index (κ3) is 4.68. The van der Waals surface area contributed by atoms with Crippen LogP contribution < -0.4 is 0 Å². The molecule has 0 fully saturated rings. The van der Waals surface area contributed by atoms with Gasteiger partial charge in [0.2, 0.25) is 0 Å². The fourth-order valence-electron chi connectivity index (χ4n) is 1.09. The monoisotopic (exact) mass is 226 g/mol. The van der Waals surface area contributed by atoms with Gasteiger partial charge in [-0.25, -0.2) is 4.79 Å². The lowest BCUT2D eigenvalue weighted by molar-refractivity contribution is -0.132. The zero-order valence-electron chi connectivity index (χ0n) is 9.97. The van der Waals surface area contributed by atoms with Crippen molar-refractivity contribution in [2.24, 2.45) is 15.3 Å². The Morgan fingerprint density at radius 3 is 2.44 bits per heavy atom. The fourth-order valence-corrected chi connectivity index (χ4v) is 1.09. The number of carbonyl (C=O) groups is 1. The van der Waals surface area contributed by atoms with E-state index in [0.717, 1.165) is 0 Å². The Morgan fingerprint density at radius 1 is 1.44 bits per heavy atom. The van der Waals surface area contributed by atoms with Crippen molar-refractivity contribution < 1.29 is 9.90 Å². The van der Waals surface area contributed by atoms with Crippen LogP contribution in [0.25, 0.3) is 0 Å². The molecule has 1 N–H and O–H groups in total. The molecule has 0 aromatic heterocycles. The summed E-state index contributed by atoms with van der Waals surface area (Å²) in [6.45, 7) is 10.4. The van der Waals surface area contributed by atoms with Crippen LogP contribution in [-0.4, -0.2) is 42.4 Å². The number of hydrogen-bond donors (Lipinski definition) is 1. The van der Waals surface area contributed by atoms with E-state index in [9.17, 15) is 4.79 Å². The Morgan fingerprint density at radius 2 is 2.06 bits per heavy atom. The molecule has 0 atom stereocenters. The van der Waals surface area contributed by atoms with Gasteiger partial charge in [-0.2, -0.15) is 5.11 Å². The highest BCUT2D eigenvalue weighted by Crippen LogP contribution is 2.08. The molecule has 6 nitrogen and oxygen atoms in total. The van der Waals surface area contributed by atoms with Gasteiger partial charge >= 0.3 is 5.97 Å². The molecule has 0 aliphatic heterocycles. The molecular formula is C10H18N4O2. The van der Waals surface area contributed by atoms with E-state index in [-0.39, 0.29) is 5.70 Å². The Hall–Kier alpha value is -1.72. The molecule has 0 saturated heterocycles. The van der Waals surface area contributed by atoms with Gasteiger partial charge in [0.15, 0.2) is 0 Å². The highest BCUT2D eigenvalue weighted by atomic mass is 16.4. The minimum absolute atomic E-state index is 0.0230. The number of rotatable bonds is 7. The van der Waals surface area contributed by atoms with E-state index in [1.807, 2.05) is 13.8 Å². The molecule has 0 rings (SSSR count). The van der Waals surface area contributed by atoms with Crippen molar-refractivity contribution >= 4 is 12.7 Å². The number of aliphatic imine (C=N–C) groups is 1. The maximum Gasteiger partial charge on any atom is 0.354 e. The summed E-state index contributed by atoms with van der Waals surface area (Å²) in [5.74, 6) is -1.07. The lowest BCUT2D eigenvalue weighted by atomic mass is 10.2. The number of likely N-dealkylation sites (N-methyl/N-ethyl adjacent to an activating group) is 1. The van der Waals surface area contributed by atoms with E-state index >= 15 is 0 Å². The average molecular weight is 226 g/mol. The maximum atomic E-state index is 10.8. The zero-order valence-corrected chi connectivity index (χ0v) is 9.97. The van der Waals surface area contributed by atoms with E-state index < -0.39 is 5.97 Å². The van der Waals surface area contributed by atoms with Crippen LogP contribution in [0.15, 0.2) is 26.6 Å². The van der Waals surface area contributed by atoms with E-state index in [2.05, 4.69) is 22.0 Å². The molecule has 90 valence electrons. The first-order valence-electron chi connectivity index (χ1n) is 5.08. The predicted molar refractivity (Wildman–Crippen MR) is 62.5 cm³/mol. The van der Waals surface area contributed by atoms with Crippen LogP contribution in [0.1, 0.15) is 20.8 Å². The smallest absolute Gasteiger partial charge is 0.354 e. The van der Waals surface area contributed by atoms with Crippen LogP contribution >= 0.6 is 0 Å². The molecule has 0 aliphatic rings. The van der Waals surface area contributed by atoms with Crippen LogP contribution in [0.5, 0.6) is 0 Å². The minimum Gasteiger partial charge on any atom is -0.477 e. The van der Waals surface area contributed by atoms with E-state index in [4.69, 9.17) is 5.11 Å². The van der Waals surface area contributed by atoms with Crippen molar-refractivity contribution in [1.29, 1.82) is 0 Å². The Balaban J connectivity index is 4.72. The summed E-state index contributed by atoms with van der Waals surface area (Å²) in [5.41, 5.74) is 0.588. The Labute approximate surface area is 95.4 Å². The van der Waals surface area contributed by atoms with Gasteiger partial charge < -0.3 is 5.11 Å². The predicted octanol–water partition coefficient (Wildman–Crippen LogP) is 1.75. The summed E-state index contributed by atoms with van der Waals surface area (Å²) in [4.78, 5) is 14.3. The molecule has 0 bridgehead atoms. The lowest BCUT2D eigenvalue weighted by Gasteiger charge is -2.15. The number of carboxylic acids is 1. The van der Waals surface area contributed by atoms with Crippen molar-refractivity contribution in [1.82, 2.24) is 5.01 Å². The second kappa shape index (κ2) is 7.56. The maximum absolute atomic E-state index is 10.8. The van der Waals surface area contributed by atoms with Gasteiger partial charge in [-0.05, 0) is 33.1 Å². The number of aliphatic carboxylic acids is 1. The third-order valence-electron chi connectivity index (χ3n) is 1.88. The molecule has 0 radical (unpaired) electrons. The molecule has 0 saturated carbocycles. The van der Waals surface area contributed by atoms with Crippen LogP contribution in [-0.2, 0) is 4.79 Å². The molecule has 0 spiro atoms. The molecule has 0 unspecified atom stereocenters. The summed E-state index contributed by atoms with van der Waals surface area (Å²) in [5, 5.41) is 18.3. The first kappa shape index (κ1) is 14.3. The summed E-state index contributed by atoms with van der Waals surface area (Å²) in [6, 6.07) is 0. The number of carboxylic acid groups (broad SMARTS) is 1. The van der Waals surface area contributed by atoms with Crippen molar-refractivity contribution in [2.45, 2.75) is 20.8 Å². The van der Waals surface area contributed by atoms with Gasteiger partial charge in [0.1, 0.15) is 5.70 Å². The van der Waals surface area contributed by atoms with Crippen LogP contribution in [0, 0.1) is 0 Å². The first-order chi connectivity index (χ1) is 7.56. The summed E-state index contributed by atoms with van der Waals surface area (Å²) in [6.07, 6.45) is 0. The largest absolute Gasteiger partial charge is 0.477 e. The van der Waals surface area contributed by atoms with Gasteiger partial charge in [0, 0.05) is 6.54 Å². The van der Waals surface area contributed by atoms with Gasteiger partial charge in [-0.3, -0.25) is 10.0 Å². The van der Waals surface area contributed by atoms with E-state index in [1.54, 1.807) is 11.9 Å². The second-order valence-electron chi connectivity index (χ2n) is 3.12. The number of nitrogens with zero attached hydrogens (tertiary/aromatic N) is 4. The summed E-state index contributed by atoms with van der Waals surface area (Å²) < 4.78 is 0. The van der Waals surface area contributed by atoms with Crippen molar-refractivity contribution in [3.63, 3.8) is 0 Å². The quantitative estimate of drug-likeness (QED) is 0.311. The molecular weight excluding hydrogens is 208 g/mol. The SMILES string of the molecule is C=NC(C(=O)O)=C(C)CN(CC)N=NCC. The number of hydrogen-bond acceptors (Lipinski definition) is 4. The van der Waals surface area contributed by atoms with E-state index in [0.29, 0.717) is 25.2 Å². The van der Waals surface area contributed by atoms with E-state index in [1.165, 1.54) is 0 Å². The van der Waals surface area contributed by atoms with Crippen LogP contribution in [0.3, 0.4) is 0 Å². The molecule has 0 aliphatic carbocycles. The van der Waals surface area contributed by atoms with Crippen LogP contribution in [0.2, 0.25) is 0 Å².